The number of aromatic amines is 2. The van der Waals surface area contributed by atoms with E-state index in [4.69, 9.17) is 0 Å². The summed E-state index contributed by atoms with van der Waals surface area (Å²) in [5.74, 6) is 0.505. The molecule has 0 aliphatic heterocycles. The number of thioether (sulfide) groups is 1. The van der Waals surface area contributed by atoms with Gasteiger partial charge in [0.05, 0.1) is 5.03 Å². The van der Waals surface area contributed by atoms with Crippen molar-refractivity contribution in [1.82, 2.24) is 9.97 Å². The summed E-state index contributed by atoms with van der Waals surface area (Å²) in [6, 6.07) is 5.96. The molecule has 0 amide bonds. The molecule has 1 aromatic carbocycles. The molecule has 7 heteroatoms. The Balaban J connectivity index is 2.04. The second kappa shape index (κ2) is 5.83. The molecule has 4 nitrogen and oxygen atoms in total. The molecule has 2 N–H and O–H groups in total. The van der Waals surface area contributed by atoms with Gasteiger partial charge in [-0.1, -0.05) is 24.3 Å². The van der Waals surface area contributed by atoms with Crippen LogP contribution in [0.2, 0.25) is 0 Å². The van der Waals surface area contributed by atoms with Crippen molar-refractivity contribution in [2.24, 2.45) is 0 Å². The van der Waals surface area contributed by atoms with Gasteiger partial charge in [-0.15, -0.1) is 11.8 Å². The summed E-state index contributed by atoms with van der Waals surface area (Å²) in [7, 11) is 0. The maximum absolute atomic E-state index is 12.4. The highest BCUT2D eigenvalue weighted by atomic mass is 32.2. The Morgan fingerprint density at radius 2 is 1.79 bits per heavy atom. The highest BCUT2D eigenvalue weighted by Crippen LogP contribution is 2.22. The van der Waals surface area contributed by atoms with Crippen LogP contribution in [0.25, 0.3) is 0 Å². The van der Waals surface area contributed by atoms with Crippen LogP contribution in [0.1, 0.15) is 17.6 Å². The van der Waals surface area contributed by atoms with Crippen LogP contribution in [0.3, 0.4) is 0 Å². The van der Waals surface area contributed by atoms with Crippen LogP contribution in [0.4, 0.5) is 8.78 Å². The Hall–Kier alpha value is -1.89. The first kappa shape index (κ1) is 13.5. The molecule has 19 heavy (non-hydrogen) atoms. The molecule has 0 saturated heterocycles. The van der Waals surface area contributed by atoms with Gasteiger partial charge in [-0.25, -0.2) is 8.78 Å². The number of halogens is 2. The van der Waals surface area contributed by atoms with Crippen molar-refractivity contribution in [3.05, 3.63) is 62.3 Å². The molecule has 0 bridgehead atoms. The van der Waals surface area contributed by atoms with E-state index in [2.05, 4.69) is 9.97 Å². The lowest BCUT2D eigenvalue weighted by Crippen LogP contribution is -2.28. The Bertz CT molecular complexity index is 664. The zero-order valence-electron chi connectivity index (χ0n) is 9.65. The molecule has 0 unspecified atom stereocenters. The first-order chi connectivity index (χ1) is 9.06. The van der Waals surface area contributed by atoms with Crippen LogP contribution in [-0.4, -0.2) is 9.97 Å². The van der Waals surface area contributed by atoms with E-state index >= 15 is 0 Å². The summed E-state index contributed by atoms with van der Waals surface area (Å²) in [6.07, 6.45) is -1.07. The largest absolute Gasteiger partial charge is 0.322 e. The molecule has 0 aliphatic carbocycles. The van der Waals surface area contributed by atoms with E-state index in [0.717, 1.165) is 5.56 Å². The number of rotatable bonds is 4. The average molecular weight is 284 g/mol. The fraction of sp³-hybridized carbons (Fsp3) is 0.167. The fourth-order valence-corrected chi connectivity index (χ4v) is 2.22. The summed E-state index contributed by atoms with van der Waals surface area (Å²) < 4.78 is 24.7. The number of aromatic nitrogens is 2. The third kappa shape index (κ3) is 3.54. The Morgan fingerprint density at radius 1 is 1.11 bits per heavy atom. The highest BCUT2D eigenvalue weighted by Gasteiger charge is 2.06. The third-order valence-corrected chi connectivity index (χ3v) is 3.41. The molecule has 0 spiro atoms. The van der Waals surface area contributed by atoms with Crippen molar-refractivity contribution in [2.75, 3.05) is 0 Å². The van der Waals surface area contributed by atoms with Crippen molar-refractivity contribution in [3.63, 3.8) is 0 Å². The quantitative estimate of drug-likeness (QED) is 0.668. The Labute approximate surface area is 110 Å². The maximum atomic E-state index is 12.4. The number of hydrogen-bond acceptors (Lipinski definition) is 3. The van der Waals surface area contributed by atoms with E-state index < -0.39 is 17.5 Å². The van der Waals surface area contributed by atoms with Crippen molar-refractivity contribution in [2.45, 2.75) is 17.2 Å². The van der Waals surface area contributed by atoms with E-state index in [-0.39, 0.29) is 5.56 Å². The Kier molecular flexibility index (Phi) is 4.16. The lowest BCUT2D eigenvalue weighted by molar-refractivity contribution is 0.151. The number of nitrogens with one attached hydrogen (secondary N) is 2. The number of alkyl halides is 2. The van der Waals surface area contributed by atoms with Crippen molar-refractivity contribution < 1.29 is 8.78 Å². The summed E-state index contributed by atoms with van der Waals surface area (Å²) in [4.78, 5) is 26.7. The average Bonchev–Trinajstić information content (AvgIpc) is 2.40. The predicted molar refractivity (Wildman–Crippen MR) is 68.6 cm³/mol. The lowest BCUT2D eigenvalue weighted by atomic mass is 10.2. The fourth-order valence-electron chi connectivity index (χ4n) is 1.40. The molecular weight excluding hydrogens is 274 g/mol. The molecular formula is C12H10F2N2O2S. The van der Waals surface area contributed by atoms with Crippen LogP contribution >= 0.6 is 11.8 Å². The monoisotopic (exact) mass is 284 g/mol. The summed E-state index contributed by atoms with van der Waals surface area (Å²) in [5.41, 5.74) is -0.587. The SMILES string of the molecule is O=c1[nH]cc(SCc2ccc(C(F)F)cc2)[nH]c1=O. The first-order valence-electron chi connectivity index (χ1n) is 5.38. The van der Waals surface area contributed by atoms with Crippen LogP contribution < -0.4 is 11.1 Å². The molecule has 2 aromatic rings. The van der Waals surface area contributed by atoms with Gasteiger partial charge in [-0.05, 0) is 5.56 Å². The highest BCUT2D eigenvalue weighted by molar-refractivity contribution is 7.98. The molecule has 1 heterocycles. The van der Waals surface area contributed by atoms with Crippen LogP contribution in [0.15, 0.2) is 45.1 Å². The second-order valence-electron chi connectivity index (χ2n) is 3.77. The van der Waals surface area contributed by atoms with E-state index in [1.807, 2.05) is 0 Å². The number of hydrogen-bond donors (Lipinski definition) is 2. The minimum atomic E-state index is -2.47. The summed E-state index contributed by atoms with van der Waals surface area (Å²) in [5, 5.41) is 0.516. The van der Waals surface area contributed by atoms with Gasteiger partial charge in [0, 0.05) is 17.5 Å². The van der Waals surface area contributed by atoms with E-state index in [1.54, 1.807) is 12.1 Å². The van der Waals surface area contributed by atoms with Crippen molar-refractivity contribution >= 4 is 11.8 Å². The van der Waals surface area contributed by atoms with Crippen molar-refractivity contribution in [1.29, 1.82) is 0 Å². The smallest absolute Gasteiger partial charge is 0.314 e. The van der Waals surface area contributed by atoms with Crippen LogP contribution in [-0.2, 0) is 5.75 Å². The lowest BCUT2D eigenvalue weighted by Gasteiger charge is -2.03. The van der Waals surface area contributed by atoms with Crippen molar-refractivity contribution in [3.8, 4) is 0 Å². The number of benzene rings is 1. The summed E-state index contributed by atoms with van der Waals surface area (Å²) >= 11 is 1.30. The molecule has 0 fully saturated rings. The third-order valence-electron chi connectivity index (χ3n) is 2.40. The Morgan fingerprint density at radius 3 is 2.37 bits per heavy atom. The molecule has 0 atom stereocenters. The zero-order valence-corrected chi connectivity index (χ0v) is 10.5. The van der Waals surface area contributed by atoms with Crippen LogP contribution in [0, 0.1) is 0 Å². The van der Waals surface area contributed by atoms with Gasteiger partial charge in [-0.2, -0.15) is 0 Å². The maximum Gasteiger partial charge on any atom is 0.314 e. The zero-order chi connectivity index (χ0) is 13.8. The molecule has 100 valence electrons. The standard InChI is InChI=1S/C12H10F2N2O2S/c13-10(14)8-3-1-7(2-4-8)6-19-9-5-15-11(17)12(18)16-9/h1-5,10H,6H2,(H,15,17)(H,16,18). The van der Waals surface area contributed by atoms with Crippen LogP contribution in [0.5, 0.6) is 0 Å². The van der Waals surface area contributed by atoms with Gasteiger partial charge in [0.15, 0.2) is 0 Å². The minimum Gasteiger partial charge on any atom is -0.322 e. The molecule has 0 radical (unpaired) electrons. The molecule has 0 saturated carbocycles. The molecule has 1 aromatic heterocycles. The molecule has 0 aliphatic rings. The van der Waals surface area contributed by atoms with Gasteiger partial charge >= 0.3 is 11.1 Å². The topological polar surface area (TPSA) is 65.7 Å². The van der Waals surface area contributed by atoms with Gasteiger partial charge in [0.1, 0.15) is 0 Å². The van der Waals surface area contributed by atoms with Gasteiger partial charge in [0.25, 0.3) is 6.43 Å². The molecule has 2 rings (SSSR count). The van der Waals surface area contributed by atoms with E-state index in [0.29, 0.717) is 10.8 Å². The normalized spacial score (nSPS) is 10.9. The minimum absolute atomic E-state index is 0.0220. The predicted octanol–water partition coefficient (Wildman–Crippen LogP) is 2.29. The number of H-pyrrole nitrogens is 2. The van der Waals surface area contributed by atoms with Gasteiger partial charge < -0.3 is 9.97 Å². The van der Waals surface area contributed by atoms with E-state index in [1.165, 1.54) is 30.1 Å². The van der Waals surface area contributed by atoms with Gasteiger partial charge in [-0.3, -0.25) is 9.59 Å². The van der Waals surface area contributed by atoms with Gasteiger partial charge in [0.2, 0.25) is 0 Å². The summed E-state index contributed by atoms with van der Waals surface area (Å²) in [6.45, 7) is 0. The second-order valence-corrected chi connectivity index (χ2v) is 4.78. The van der Waals surface area contributed by atoms with E-state index in [9.17, 15) is 18.4 Å². The first-order valence-corrected chi connectivity index (χ1v) is 6.36.